The van der Waals surface area contributed by atoms with Crippen molar-refractivity contribution in [3.63, 3.8) is 0 Å². The van der Waals surface area contributed by atoms with Gasteiger partial charge in [-0.15, -0.1) is 0 Å². The maximum absolute atomic E-state index is 12.5. The van der Waals surface area contributed by atoms with Crippen LogP contribution in [0.1, 0.15) is 30.1 Å². The molecule has 0 aromatic heterocycles. The Hall–Kier alpha value is -1.30. The largest absolute Gasteiger partial charge is 0.466 e. The zero-order valence-corrected chi connectivity index (χ0v) is 15.3. The van der Waals surface area contributed by atoms with Crippen LogP contribution in [-0.2, 0) is 9.53 Å². The third kappa shape index (κ3) is 5.36. The molecule has 0 saturated carbocycles. The molecule has 0 spiro atoms. The van der Waals surface area contributed by atoms with E-state index in [2.05, 4.69) is 4.90 Å². The van der Waals surface area contributed by atoms with Crippen molar-refractivity contribution in [3.05, 3.63) is 33.8 Å². The number of hydrogen-bond donors (Lipinski definition) is 0. The van der Waals surface area contributed by atoms with Crippen LogP contribution in [0, 0.1) is 0 Å². The van der Waals surface area contributed by atoms with Crippen molar-refractivity contribution in [2.24, 2.45) is 0 Å². The fraction of sp³-hybridized carbons (Fsp3) is 0.529. The molecule has 0 radical (unpaired) electrons. The second-order valence-corrected chi connectivity index (χ2v) is 6.51. The van der Waals surface area contributed by atoms with E-state index in [0.717, 1.165) is 26.1 Å². The third-order valence-corrected chi connectivity index (χ3v) is 4.53. The number of piperazine rings is 1. The Balaban J connectivity index is 1.78. The fourth-order valence-corrected chi connectivity index (χ4v) is 3.18. The van der Waals surface area contributed by atoms with Crippen molar-refractivity contribution in [2.45, 2.75) is 19.8 Å². The van der Waals surface area contributed by atoms with E-state index in [1.54, 1.807) is 30.0 Å². The summed E-state index contributed by atoms with van der Waals surface area (Å²) in [6, 6.07) is 4.92. The monoisotopic (exact) mass is 372 g/mol. The molecule has 24 heavy (non-hydrogen) atoms. The van der Waals surface area contributed by atoms with Crippen LogP contribution in [0.15, 0.2) is 18.2 Å². The first kappa shape index (κ1) is 19.0. The van der Waals surface area contributed by atoms with Crippen LogP contribution < -0.4 is 0 Å². The lowest BCUT2D eigenvalue weighted by atomic mass is 10.1. The van der Waals surface area contributed by atoms with E-state index in [1.807, 2.05) is 0 Å². The molecule has 1 heterocycles. The van der Waals surface area contributed by atoms with Crippen molar-refractivity contribution in [3.8, 4) is 0 Å². The highest BCUT2D eigenvalue weighted by Gasteiger charge is 2.23. The number of ether oxygens (including phenoxy) is 1. The topological polar surface area (TPSA) is 49.9 Å². The molecule has 1 aliphatic rings. The number of carbonyl (C=O) groups excluding carboxylic acids is 2. The molecule has 1 fully saturated rings. The first-order chi connectivity index (χ1) is 11.5. The van der Waals surface area contributed by atoms with Gasteiger partial charge in [-0.3, -0.25) is 14.5 Å². The summed E-state index contributed by atoms with van der Waals surface area (Å²) >= 11 is 12.0. The number of amides is 1. The minimum Gasteiger partial charge on any atom is -0.466 e. The van der Waals surface area contributed by atoms with Gasteiger partial charge >= 0.3 is 5.97 Å². The first-order valence-corrected chi connectivity index (χ1v) is 8.89. The van der Waals surface area contributed by atoms with Crippen molar-refractivity contribution >= 4 is 35.1 Å². The predicted octanol–water partition coefficient (Wildman–Crippen LogP) is 3.09. The Morgan fingerprint density at radius 2 is 1.88 bits per heavy atom. The quantitative estimate of drug-likeness (QED) is 0.719. The molecule has 1 aromatic carbocycles. The summed E-state index contributed by atoms with van der Waals surface area (Å²) in [4.78, 5) is 27.9. The molecule has 132 valence electrons. The summed E-state index contributed by atoms with van der Waals surface area (Å²) < 4.78 is 4.92. The van der Waals surface area contributed by atoms with Crippen molar-refractivity contribution < 1.29 is 14.3 Å². The van der Waals surface area contributed by atoms with Crippen LogP contribution in [-0.4, -0.2) is 61.0 Å². The number of rotatable bonds is 6. The van der Waals surface area contributed by atoms with Crippen LogP contribution in [0.25, 0.3) is 0 Å². The lowest BCUT2D eigenvalue weighted by Crippen LogP contribution is -2.48. The molecular formula is C17H22Cl2N2O3. The Morgan fingerprint density at radius 3 is 2.50 bits per heavy atom. The number of carbonyl (C=O) groups is 2. The minimum absolute atomic E-state index is 0.0668. The molecule has 1 saturated heterocycles. The highest BCUT2D eigenvalue weighted by Crippen LogP contribution is 2.22. The van der Waals surface area contributed by atoms with Crippen molar-refractivity contribution in [1.82, 2.24) is 9.80 Å². The number of benzene rings is 1. The molecule has 1 amide bonds. The number of halogens is 2. The second kappa shape index (κ2) is 9.25. The molecule has 1 aliphatic heterocycles. The molecule has 0 atom stereocenters. The molecule has 7 heteroatoms. The Labute approximate surface area is 152 Å². The number of esters is 1. The molecule has 2 rings (SSSR count). The van der Waals surface area contributed by atoms with Crippen LogP contribution >= 0.6 is 23.2 Å². The van der Waals surface area contributed by atoms with Crippen LogP contribution in [0.4, 0.5) is 0 Å². The minimum atomic E-state index is -0.149. The SMILES string of the molecule is CCOC(=O)CCCN1CCN(C(=O)c2ccc(Cl)cc2Cl)CC1. The second-order valence-electron chi connectivity index (χ2n) is 5.67. The van der Waals surface area contributed by atoms with Gasteiger partial charge in [0.1, 0.15) is 0 Å². The zero-order valence-electron chi connectivity index (χ0n) is 13.8. The van der Waals surface area contributed by atoms with Gasteiger partial charge in [0.05, 0.1) is 17.2 Å². The van der Waals surface area contributed by atoms with Crippen LogP contribution in [0.2, 0.25) is 10.0 Å². The van der Waals surface area contributed by atoms with Crippen LogP contribution in [0.5, 0.6) is 0 Å². The fourth-order valence-electron chi connectivity index (χ4n) is 2.69. The van der Waals surface area contributed by atoms with E-state index < -0.39 is 0 Å². The molecule has 0 unspecified atom stereocenters. The first-order valence-electron chi connectivity index (χ1n) is 8.13. The molecule has 1 aromatic rings. The maximum atomic E-state index is 12.5. The Kier molecular flexibility index (Phi) is 7.34. The maximum Gasteiger partial charge on any atom is 0.305 e. The lowest BCUT2D eigenvalue weighted by Gasteiger charge is -2.34. The van der Waals surface area contributed by atoms with Gasteiger partial charge in [0.2, 0.25) is 0 Å². The van der Waals surface area contributed by atoms with Crippen LogP contribution in [0.3, 0.4) is 0 Å². The Bertz CT molecular complexity index is 587. The summed E-state index contributed by atoms with van der Waals surface area (Å²) in [6.45, 7) is 5.95. The summed E-state index contributed by atoms with van der Waals surface area (Å²) in [5.74, 6) is -0.216. The highest BCUT2D eigenvalue weighted by atomic mass is 35.5. The van der Waals surface area contributed by atoms with E-state index in [9.17, 15) is 9.59 Å². The normalized spacial score (nSPS) is 15.4. The van der Waals surface area contributed by atoms with Gasteiger partial charge in [-0.05, 0) is 38.1 Å². The summed E-state index contributed by atoms with van der Waals surface area (Å²) in [5, 5.41) is 0.896. The molecule has 0 N–H and O–H groups in total. The third-order valence-electron chi connectivity index (χ3n) is 3.98. The van der Waals surface area contributed by atoms with Gasteiger partial charge in [-0.1, -0.05) is 23.2 Å². The van der Waals surface area contributed by atoms with Gasteiger partial charge in [0.25, 0.3) is 5.91 Å². The zero-order chi connectivity index (χ0) is 17.5. The number of nitrogens with zero attached hydrogens (tertiary/aromatic N) is 2. The molecule has 0 bridgehead atoms. The number of hydrogen-bond acceptors (Lipinski definition) is 4. The van der Waals surface area contributed by atoms with Gasteiger partial charge in [-0.25, -0.2) is 0 Å². The van der Waals surface area contributed by atoms with Crippen molar-refractivity contribution in [2.75, 3.05) is 39.3 Å². The van der Waals surface area contributed by atoms with E-state index in [4.69, 9.17) is 27.9 Å². The smallest absolute Gasteiger partial charge is 0.305 e. The summed E-state index contributed by atoms with van der Waals surface area (Å²) in [5.41, 5.74) is 0.483. The molecule has 5 nitrogen and oxygen atoms in total. The Morgan fingerprint density at radius 1 is 1.17 bits per heavy atom. The van der Waals surface area contributed by atoms with E-state index in [0.29, 0.717) is 41.7 Å². The molecule has 0 aliphatic carbocycles. The molecular weight excluding hydrogens is 351 g/mol. The highest BCUT2D eigenvalue weighted by molar-refractivity contribution is 6.36. The van der Waals surface area contributed by atoms with E-state index >= 15 is 0 Å². The average Bonchev–Trinajstić information content (AvgIpc) is 2.55. The standard InChI is InChI=1S/C17H22Cl2N2O3/c1-2-24-16(22)4-3-7-20-8-10-21(11-9-20)17(23)14-6-5-13(18)12-15(14)19/h5-6,12H,2-4,7-11H2,1H3. The lowest BCUT2D eigenvalue weighted by molar-refractivity contribution is -0.143. The van der Waals surface area contributed by atoms with Gasteiger partial charge in [0.15, 0.2) is 0 Å². The van der Waals surface area contributed by atoms with E-state index in [-0.39, 0.29) is 11.9 Å². The van der Waals surface area contributed by atoms with Gasteiger partial charge < -0.3 is 9.64 Å². The summed E-state index contributed by atoms with van der Waals surface area (Å²) in [7, 11) is 0. The van der Waals surface area contributed by atoms with Gasteiger partial charge in [-0.2, -0.15) is 0 Å². The predicted molar refractivity (Wildman–Crippen MR) is 94.7 cm³/mol. The summed E-state index contributed by atoms with van der Waals surface area (Å²) in [6.07, 6.45) is 1.21. The average molecular weight is 373 g/mol. The van der Waals surface area contributed by atoms with Gasteiger partial charge in [0, 0.05) is 37.6 Å². The van der Waals surface area contributed by atoms with E-state index in [1.165, 1.54) is 0 Å². The van der Waals surface area contributed by atoms with Crippen molar-refractivity contribution in [1.29, 1.82) is 0 Å².